The largest absolute Gasteiger partial charge is 0.369 e. The second-order valence-electron chi connectivity index (χ2n) is 8.26. The molecule has 0 radical (unpaired) electrons. The molecule has 1 aliphatic carbocycles. The molecule has 0 saturated heterocycles. The third-order valence-electron chi connectivity index (χ3n) is 5.84. The summed E-state index contributed by atoms with van der Waals surface area (Å²) in [4.78, 5) is 17.7. The predicted octanol–water partition coefficient (Wildman–Crippen LogP) is 5.15. The lowest BCUT2D eigenvalue weighted by Crippen LogP contribution is -2.16. The number of rotatable bonds is 6. The van der Waals surface area contributed by atoms with Crippen LogP contribution in [0, 0.1) is 0 Å². The van der Waals surface area contributed by atoms with Crippen LogP contribution in [0.1, 0.15) is 30.4 Å². The predicted molar refractivity (Wildman–Crippen MR) is 126 cm³/mol. The van der Waals surface area contributed by atoms with Crippen LogP contribution in [-0.4, -0.2) is 47.0 Å². The molecule has 5 rings (SSSR count). The van der Waals surface area contributed by atoms with Crippen molar-refractivity contribution in [2.45, 2.75) is 32.1 Å². The number of pyridine rings is 1. The zero-order chi connectivity index (χ0) is 20.5. The van der Waals surface area contributed by atoms with E-state index in [2.05, 4.69) is 59.6 Å². The van der Waals surface area contributed by atoms with E-state index in [0.717, 1.165) is 58.9 Å². The summed E-state index contributed by atoms with van der Waals surface area (Å²) >= 11 is 1.73. The van der Waals surface area contributed by atoms with Crippen molar-refractivity contribution < 1.29 is 0 Å². The maximum atomic E-state index is 5.17. The molecule has 0 bridgehead atoms. The highest BCUT2D eigenvalue weighted by Crippen LogP contribution is 2.42. The molecule has 0 saturated carbocycles. The van der Waals surface area contributed by atoms with E-state index in [0.29, 0.717) is 0 Å². The summed E-state index contributed by atoms with van der Waals surface area (Å²) < 4.78 is 1.13. The molecule has 0 amide bonds. The minimum Gasteiger partial charge on any atom is -0.369 e. The Labute approximate surface area is 181 Å². The number of anilines is 1. The van der Waals surface area contributed by atoms with E-state index in [1.807, 2.05) is 0 Å². The minimum atomic E-state index is 0.902. The van der Waals surface area contributed by atoms with Gasteiger partial charge in [0.15, 0.2) is 0 Å². The molecule has 5 nitrogen and oxygen atoms in total. The highest BCUT2D eigenvalue weighted by molar-refractivity contribution is 7.26. The van der Waals surface area contributed by atoms with Crippen molar-refractivity contribution in [2.24, 2.45) is 0 Å². The van der Waals surface area contributed by atoms with Gasteiger partial charge in [0, 0.05) is 17.5 Å². The minimum absolute atomic E-state index is 0.902. The van der Waals surface area contributed by atoms with Gasteiger partial charge in [0.2, 0.25) is 0 Å². The molecule has 0 unspecified atom stereocenters. The van der Waals surface area contributed by atoms with Crippen molar-refractivity contribution in [2.75, 3.05) is 32.5 Å². The van der Waals surface area contributed by atoms with Gasteiger partial charge < -0.3 is 10.2 Å². The first kappa shape index (κ1) is 19.4. The number of nitrogens with zero attached hydrogens (tertiary/aromatic N) is 4. The number of aryl methyl sites for hydroxylation is 1. The SMILES string of the molecule is CN(C)CCCNc1ncnc2c1sc1nc(-c3ccccc3)c3c(c12)CCCC3. The van der Waals surface area contributed by atoms with Crippen LogP contribution < -0.4 is 5.32 Å². The Morgan fingerprint density at radius 2 is 1.83 bits per heavy atom. The van der Waals surface area contributed by atoms with E-state index in [1.54, 1.807) is 17.7 Å². The fraction of sp³-hybridized carbons (Fsp3) is 0.375. The van der Waals surface area contributed by atoms with Crippen LogP contribution in [0.15, 0.2) is 36.7 Å². The summed E-state index contributed by atoms with van der Waals surface area (Å²) in [7, 11) is 4.21. The Morgan fingerprint density at radius 1 is 1.03 bits per heavy atom. The lowest BCUT2D eigenvalue weighted by Gasteiger charge is -2.20. The first-order valence-corrected chi connectivity index (χ1v) is 11.6. The summed E-state index contributed by atoms with van der Waals surface area (Å²) in [5.74, 6) is 0.938. The number of hydrogen-bond acceptors (Lipinski definition) is 6. The molecule has 0 fully saturated rings. The number of nitrogens with one attached hydrogen (secondary N) is 1. The molecule has 1 N–H and O–H groups in total. The van der Waals surface area contributed by atoms with Crippen molar-refractivity contribution in [1.29, 1.82) is 0 Å². The zero-order valence-corrected chi connectivity index (χ0v) is 18.4. The first-order chi connectivity index (χ1) is 14.7. The summed E-state index contributed by atoms with van der Waals surface area (Å²) in [5.41, 5.74) is 6.29. The summed E-state index contributed by atoms with van der Waals surface area (Å²) in [5, 5.41) is 4.79. The lowest BCUT2D eigenvalue weighted by molar-refractivity contribution is 0.405. The highest BCUT2D eigenvalue weighted by atomic mass is 32.1. The molecule has 0 atom stereocenters. The zero-order valence-electron chi connectivity index (χ0n) is 17.6. The molecule has 0 spiro atoms. The maximum absolute atomic E-state index is 5.17. The average molecular weight is 418 g/mol. The molecule has 1 aromatic carbocycles. The smallest absolute Gasteiger partial charge is 0.147 e. The Balaban J connectivity index is 1.63. The van der Waals surface area contributed by atoms with Gasteiger partial charge in [-0.3, -0.25) is 0 Å². The standard InChI is InChI=1S/C24H27N5S/c1-29(2)14-8-13-25-23-22-21(26-15-27-23)19-17-11-6-7-12-18(17)20(28-24(19)30-22)16-9-4-3-5-10-16/h3-5,9-10,15H,6-8,11-14H2,1-2H3,(H,25,26,27). The number of fused-ring (bicyclic) bond motifs is 5. The molecule has 30 heavy (non-hydrogen) atoms. The van der Waals surface area contributed by atoms with Gasteiger partial charge >= 0.3 is 0 Å². The first-order valence-electron chi connectivity index (χ1n) is 10.8. The van der Waals surface area contributed by atoms with E-state index < -0.39 is 0 Å². The monoisotopic (exact) mass is 417 g/mol. The van der Waals surface area contributed by atoms with Crippen LogP contribution in [-0.2, 0) is 12.8 Å². The topological polar surface area (TPSA) is 53.9 Å². The van der Waals surface area contributed by atoms with Gasteiger partial charge in [0.05, 0.1) is 15.9 Å². The fourth-order valence-electron chi connectivity index (χ4n) is 4.42. The summed E-state index contributed by atoms with van der Waals surface area (Å²) in [6, 6.07) is 10.6. The van der Waals surface area contributed by atoms with Crippen molar-refractivity contribution in [3.05, 3.63) is 47.8 Å². The van der Waals surface area contributed by atoms with Gasteiger partial charge in [-0.25, -0.2) is 15.0 Å². The van der Waals surface area contributed by atoms with Gasteiger partial charge in [0.25, 0.3) is 0 Å². The van der Waals surface area contributed by atoms with Crippen LogP contribution in [0.4, 0.5) is 5.82 Å². The molecule has 0 aliphatic heterocycles. The van der Waals surface area contributed by atoms with Crippen molar-refractivity contribution in [1.82, 2.24) is 19.9 Å². The van der Waals surface area contributed by atoms with E-state index >= 15 is 0 Å². The third-order valence-corrected chi connectivity index (χ3v) is 6.92. The second-order valence-corrected chi connectivity index (χ2v) is 9.26. The Morgan fingerprint density at radius 3 is 2.63 bits per heavy atom. The Bertz CT molecular complexity index is 1180. The molecule has 4 aromatic rings. The van der Waals surface area contributed by atoms with Crippen molar-refractivity contribution in [3.63, 3.8) is 0 Å². The van der Waals surface area contributed by atoms with E-state index in [-0.39, 0.29) is 0 Å². The maximum Gasteiger partial charge on any atom is 0.147 e. The Kier molecular flexibility index (Phi) is 5.35. The molecular weight excluding hydrogens is 390 g/mol. The molecular formula is C24H27N5S. The highest BCUT2D eigenvalue weighted by Gasteiger charge is 2.23. The van der Waals surface area contributed by atoms with Crippen LogP contribution in [0.25, 0.3) is 31.7 Å². The van der Waals surface area contributed by atoms with Crippen LogP contribution >= 0.6 is 11.3 Å². The third kappa shape index (κ3) is 3.55. The number of thiophene rings is 1. The van der Waals surface area contributed by atoms with Crippen molar-refractivity contribution >= 4 is 37.6 Å². The van der Waals surface area contributed by atoms with Crippen LogP contribution in [0.2, 0.25) is 0 Å². The van der Waals surface area contributed by atoms with Gasteiger partial charge in [-0.05, 0) is 63.9 Å². The molecule has 3 aromatic heterocycles. The average Bonchev–Trinajstić information content (AvgIpc) is 3.16. The van der Waals surface area contributed by atoms with E-state index in [1.165, 1.54) is 34.9 Å². The lowest BCUT2D eigenvalue weighted by atomic mass is 9.87. The van der Waals surface area contributed by atoms with Gasteiger partial charge in [-0.1, -0.05) is 30.3 Å². The van der Waals surface area contributed by atoms with Crippen molar-refractivity contribution in [3.8, 4) is 11.3 Å². The second kappa shape index (κ2) is 8.28. The summed E-state index contributed by atoms with van der Waals surface area (Å²) in [6.45, 7) is 1.96. The van der Waals surface area contributed by atoms with E-state index in [9.17, 15) is 0 Å². The van der Waals surface area contributed by atoms with Gasteiger partial charge in [0.1, 0.15) is 17.0 Å². The van der Waals surface area contributed by atoms with Crippen LogP contribution in [0.5, 0.6) is 0 Å². The number of aromatic nitrogens is 3. The van der Waals surface area contributed by atoms with E-state index in [4.69, 9.17) is 9.97 Å². The van der Waals surface area contributed by atoms with Gasteiger partial charge in [-0.15, -0.1) is 11.3 Å². The molecule has 6 heteroatoms. The summed E-state index contributed by atoms with van der Waals surface area (Å²) in [6.07, 6.45) is 7.45. The van der Waals surface area contributed by atoms with Crippen LogP contribution in [0.3, 0.4) is 0 Å². The normalized spacial score (nSPS) is 13.8. The molecule has 154 valence electrons. The van der Waals surface area contributed by atoms with Gasteiger partial charge in [-0.2, -0.15) is 0 Å². The molecule has 1 aliphatic rings. The number of benzene rings is 1. The number of hydrogen-bond donors (Lipinski definition) is 1. The quantitative estimate of drug-likeness (QED) is 0.440. The Hall–Kier alpha value is -2.57. The molecule has 3 heterocycles. The fourth-order valence-corrected chi connectivity index (χ4v) is 5.55.